The first-order valence-corrected chi connectivity index (χ1v) is 9.41. The summed E-state index contributed by atoms with van der Waals surface area (Å²) in [5.74, 6) is -0.221. The summed E-state index contributed by atoms with van der Waals surface area (Å²) in [5.41, 5.74) is 1.80. The molecular weight excluding hydrogens is 356 g/mol. The van der Waals surface area contributed by atoms with Crippen molar-refractivity contribution in [1.82, 2.24) is 4.90 Å². The molecule has 0 radical (unpaired) electrons. The molecule has 28 heavy (non-hydrogen) atoms. The Balaban J connectivity index is 1.54. The maximum atomic E-state index is 12.3. The Morgan fingerprint density at radius 3 is 2.29 bits per heavy atom. The average molecular weight is 380 g/mol. The highest BCUT2D eigenvalue weighted by Crippen LogP contribution is 2.16. The van der Waals surface area contributed by atoms with Gasteiger partial charge in [-0.2, -0.15) is 0 Å². The molecule has 146 valence electrons. The zero-order valence-corrected chi connectivity index (χ0v) is 15.6. The molecule has 1 aliphatic rings. The van der Waals surface area contributed by atoms with Gasteiger partial charge in [-0.05, 0) is 43.2 Å². The van der Waals surface area contributed by atoms with Crippen LogP contribution in [-0.4, -0.2) is 35.8 Å². The third-order valence-corrected chi connectivity index (χ3v) is 4.44. The van der Waals surface area contributed by atoms with Crippen LogP contribution in [0.2, 0.25) is 0 Å². The van der Waals surface area contributed by atoms with E-state index in [1.807, 2.05) is 18.2 Å². The smallest absolute Gasteiger partial charge is 0.323 e. The van der Waals surface area contributed by atoms with Crippen LogP contribution in [0.1, 0.15) is 25.7 Å². The topological polar surface area (TPSA) is 90.5 Å². The molecule has 4 amide bonds. The minimum absolute atomic E-state index is 0.0284. The van der Waals surface area contributed by atoms with E-state index in [9.17, 15) is 14.4 Å². The number of hydrogen-bond donors (Lipinski definition) is 3. The van der Waals surface area contributed by atoms with E-state index in [2.05, 4.69) is 16.0 Å². The van der Waals surface area contributed by atoms with Gasteiger partial charge in [-0.1, -0.05) is 30.7 Å². The molecule has 7 heteroatoms. The molecular formula is C21H24N4O3. The predicted molar refractivity (Wildman–Crippen MR) is 109 cm³/mol. The molecule has 0 spiro atoms. The number of anilines is 3. The van der Waals surface area contributed by atoms with Crippen molar-refractivity contribution in [2.24, 2.45) is 0 Å². The van der Waals surface area contributed by atoms with E-state index < -0.39 is 0 Å². The van der Waals surface area contributed by atoms with Gasteiger partial charge in [0, 0.05) is 30.0 Å². The molecule has 0 aliphatic carbocycles. The van der Waals surface area contributed by atoms with Crippen LogP contribution in [0, 0.1) is 0 Å². The Hall–Kier alpha value is -3.35. The van der Waals surface area contributed by atoms with Gasteiger partial charge in [0.1, 0.15) is 0 Å². The molecule has 1 aliphatic heterocycles. The summed E-state index contributed by atoms with van der Waals surface area (Å²) in [7, 11) is 0. The van der Waals surface area contributed by atoms with E-state index >= 15 is 0 Å². The van der Waals surface area contributed by atoms with Crippen LogP contribution in [0.3, 0.4) is 0 Å². The normalized spacial score (nSPS) is 14.1. The summed E-state index contributed by atoms with van der Waals surface area (Å²) in [6.07, 6.45) is 3.33. The third-order valence-electron chi connectivity index (χ3n) is 4.44. The van der Waals surface area contributed by atoms with Gasteiger partial charge in [0.05, 0.1) is 6.54 Å². The molecule has 2 aromatic carbocycles. The van der Waals surface area contributed by atoms with Crippen LogP contribution in [0.25, 0.3) is 0 Å². The lowest BCUT2D eigenvalue weighted by Crippen LogP contribution is -2.37. The zero-order chi connectivity index (χ0) is 19.8. The second-order valence-electron chi connectivity index (χ2n) is 6.70. The van der Waals surface area contributed by atoms with E-state index in [1.165, 1.54) is 0 Å². The van der Waals surface area contributed by atoms with Gasteiger partial charge in [0.2, 0.25) is 11.8 Å². The molecule has 2 aromatic rings. The highest BCUT2D eigenvalue weighted by atomic mass is 16.2. The first-order valence-electron chi connectivity index (χ1n) is 9.41. The maximum absolute atomic E-state index is 12.3. The van der Waals surface area contributed by atoms with Gasteiger partial charge in [0.25, 0.3) is 0 Å². The Morgan fingerprint density at radius 1 is 0.821 bits per heavy atom. The number of para-hydroxylation sites is 1. The lowest BCUT2D eigenvalue weighted by Gasteiger charge is -2.19. The summed E-state index contributed by atoms with van der Waals surface area (Å²) in [5, 5.41) is 8.26. The number of nitrogens with zero attached hydrogens (tertiary/aromatic N) is 1. The Labute approximate surface area is 164 Å². The molecule has 0 atom stereocenters. The minimum Gasteiger partial charge on any atom is -0.333 e. The number of benzene rings is 2. The maximum Gasteiger partial charge on any atom is 0.323 e. The summed E-state index contributed by atoms with van der Waals surface area (Å²) < 4.78 is 0. The average Bonchev–Trinajstić information content (AvgIpc) is 2.87. The molecule has 0 saturated carbocycles. The van der Waals surface area contributed by atoms with Gasteiger partial charge in [-0.3, -0.25) is 9.59 Å². The van der Waals surface area contributed by atoms with E-state index in [0.717, 1.165) is 19.3 Å². The third kappa shape index (κ3) is 5.84. The summed E-state index contributed by atoms with van der Waals surface area (Å²) in [4.78, 5) is 38.0. The molecule has 1 saturated heterocycles. The molecule has 3 rings (SSSR count). The predicted octanol–water partition coefficient (Wildman–Crippen LogP) is 3.67. The molecule has 1 fully saturated rings. The van der Waals surface area contributed by atoms with Gasteiger partial charge < -0.3 is 20.9 Å². The highest BCUT2D eigenvalue weighted by molar-refractivity contribution is 6.00. The van der Waals surface area contributed by atoms with E-state index in [-0.39, 0.29) is 24.4 Å². The van der Waals surface area contributed by atoms with Gasteiger partial charge in [-0.15, -0.1) is 0 Å². The molecule has 0 unspecified atom stereocenters. The fraction of sp³-hybridized carbons (Fsp3) is 0.286. The molecule has 0 aromatic heterocycles. The number of carbonyl (C=O) groups is 3. The monoisotopic (exact) mass is 380 g/mol. The second kappa shape index (κ2) is 9.55. The molecule has 1 heterocycles. The van der Waals surface area contributed by atoms with Crippen LogP contribution in [-0.2, 0) is 9.59 Å². The van der Waals surface area contributed by atoms with Crippen LogP contribution < -0.4 is 16.0 Å². The number of hydrogen-bond acceptors (Lipinski definition) is 3. The van der Waals surface area contributed by atoms with E-state index in [0.29, 0.717) is 30.0 Å². The Kier molecular flexibility index (Phi) is 6.62. The van der Waals surface area contributed by atoms with Crippen LogP contribution in [0.5, 0.6) is 0 Å². The Morgan fingerprint density at radius 2 is 1.50 bits per heavy atom. The second-order valence-corrected chi connectivity index (χ2v) is 6.70. The lowest BCUT2D eigenvalue weighted by atomic mass is 10.2. The fourth-order valence-electron chi connectivity index (χ4n) is 3.07. The van der Waals surface area contributed by atoms with Crippen molar-refractivity contribution in [2.45, 2.75) is 25.7 Å². The van der Waals surface area contributed by atoms with Crippen molar-refractivity contribution in [2.75, 3.05) is 29.0 Å². The van der Waals surface area contributed by atoms with E-state index in [1.54, 1.807) is 41.3 Å². The van der Waals surface area contributed by atoms with Crippen molar-refractivity contribution in [3.8, 4) is 0 Å². The molecule has 3 N–H and O–H groups in total. The van der Waals surface area contributed by atoms with Crippen molar-refractivity contribution in [3.63, 3.8) is 0 Å². The van der Waals surface area contributed by atoms with Crippen LogP contribution in [0.15, 0.2) is 54.6 Å². The largest absolute Gasteiger partial charge is 0.333 e. The number of amides is 4. The SMILES string of the molecule is O=C(CN1CCCCCC1=O)Nc1cccc(NC(=O)Nc2ccccc2)c1. The van der Waals surface area contributed by atoms with Crippen molar-refractivity contribution in [3.05, 3.63) is 54.6 Å². The minimum atomic E-state index is -0.371. The zero-order valence-electron chi connectivity index (χ0n) is 15.6. The van der Waals surface area contributed by atoms with Crippen LogP contribution >= 0.6 is 0 Å². The van der Waals surface area contributed by atoms with Gasteiger partial charge >= 0.3 is 6.03 Å². The van der Waals surface area contributed by atoms with E-state index in [4.69, 9.17) is 0 Å². The fourth-order valence-corrected chi connectivity index (χ4v) is 3.07. The highest BCUT2D eigenvalue weighted by Gasteiger charge is 2.19. The standard InChI is InChI=1S/C21H24N4O3/c26-19(15-25-13-6-2-5-12-20(25)27)22-17-10-7-11-18(14-17)24-21(28)23-16-8-3-1-4-9-16/h1,3-4,7-11,14H,2,5-6,12-13,15H2,(H,22,26)(H2,23,24,28). The van der Waals surface area contributed by atoms with Crippen LogP contribution in [0.4, 0.5) is 21.9 Å². The van der Waals surface area contributed by atoms with Crippen molar-refractivity contribution >= 4 is 34.9 Å². The number of urea groups is 1. The van der Waals surface area contributed by atoms with Gasteiger partial charge in [0.15, 0.2) is 0 Å². The first kappa shape index (κ1) is 19.4. The summed E-state index contributed by atoms with van der Waals surface area (Å²) in [6.45, 7) is 0.665. The molecule has 7 nitrogen and oxygen atoms in total. The number of nitrogens with one attached hydrogen (secondary N) is 3. The number of likely N-dealkylation sites (tertiary alicyclic amines) is 1. The number of carbonyl (C=O) groups excluding carboxylic acids is 3. The summed E-state index contributed by atoms with van der Waals surface area (Å²) in [6, 6.07) is 15.6. The first-order chi connectivity index (χ1) is 13.6. The van der Waals surface area contributed by atoms with Crippen molar-refractivity contribution < 1.29 is 14.4 Å². The van der Waals surface area contributed by atoms with Gasteiger partial charge in [-0.25, -0.2) is 4.79 Å². The summed E-state index contributed by atoms with van der Waals surface area (Å²) >= 11 is 0. The molecule has 0 bridgehead atoms. The quantitative estimate of drug-likeness (QED) is 0.739. The lowest BCUT2D eigenvalue weighted by molar-refractivity contribution is -0.134. The van der Waals surface area contributed by atoms with Crippen molar-refractivity contribution in [1.29, 1.82) is 0 Å². The number of rotatable bonds is 5. The Bertz CT molecular complexity index is 839.